The largest absolute Gasteiger partial charge is 0.248 e. The molecular formula is C10H14N3+. The van der Waals surface area contributed by atoms with Gasteiger partial charge in [-0.3, -0.25) is 0 Å². The maximum atomic E-state index is 4.11. The summed E-state index contributed by atoms with van der Waals surface area (Å²) in [7, 11) is 0. The normalized spacial score (nSPS) is 10.8. The molecule has 2 rings (SSSR count). The summed E-state index contributed by atoms with van der Waals surface area (Å²) in [4.78, 5) is 0. The van der Waals surface area contributed by atoms with Crippen LogP contribution in [0.1, 0.15) is 25.3 Å². The Morgan fingerprint density at radius 3 is 3.23 bits per heavy atom. The lowest BCUT2D eigenvalue weighted by molar-refractivity contribution is -0.427. The minimum absolute atomic E-state index is 1.02. The highest BCUT2D eigenvalue weighted by atomic mass is 15.3. The van der Waals surface area contributed by atoms with Crippen molar-refractivity contribution < 1.29 is 5.10 Å². The molecule has 13 heavy (non-hydrogen) atoms. The number of H-pyrrole nitrogens is 2. The van der Waals surface area contributed by atoms with Crippen molar-refractivity contribution in [2.24, 2.45) is 0 Å². The van der Waals surface area contributed by atoms with E-state index in [2.05, 4.69) is 34.5 Å². The third kappa shape index (κ3) is 1.54. The van der Waals surface area contributed by atoms with E-state index in [0.717, 1.165) is 17.5 Å². The van der Waals surface area contributed by atoms with Gasteiger partial charge < -0.3 is 0 Å². The third-order valence-corrected chi connectivity index (χ3v) is 2.29. The van der Waals surface area contributed by atoms with Gasteiger partial charge in [0.2, 0.25) is 11.0 Å². The second kappa shape index (κ2) is 3.56. The van der Waals surface area contributed by atoms with Crippen molar-refractivity contribution >= 4 is 11.0 Å². The number of hydrogen-bond donors (Lipinski definition) is 1. The Balaban J connectivity index is 2.37. The molecule has 0 aliphatic rings. The third-order valence-electron chi connectivity index (χ3n) is 2.29. The van der Waals surface area contributed by atoms with E-state index in [0.29, 0.717) is 0 Å². The lowest BCUT2D eigenvalue weighted by Crippen LogP contribution is -2.04. The van der Waals surface area contributed by atoms with E-state index in [-0.39, 0.29) is 0 Å². The maximum Gasteiger partial charge on any atom is 0.248 e. The molecule has 1 aromatic carbocycles. The highest BCUT2D eigenvalue weighted by Gasteiger charge is 2.08. The number of unbranched alkanes of at least 4 members (excludes halogenated alkanes) is 1. The molecule has 0 atom stereocenters. The molecule has 0 bridgehead atoms. The molecule has 0 saturated carbocycles. The molecule has 3 nitrogen and oxygen atoms in total. The SMILES string of the molecule is CCCCc1cccc2n[nH][nH+]c12. The van der Waals surface area contributed by atoms with Gasteiger partial charge in [0.05, 0.1) is 0 Å². The first-order valence-corrected chi connectivity index (χ1v) is 4.75. The fraction of sp³-hybridized carbons (Fsp3) is 0.400. The number of benzene rings is 1. The molecule has 0 aliphatic carbocycles. The average Bonchev–Trinajstić information content (AvgIpc) is 2.62. The van der Waals surface area contributed by atoms with Crippen LogP contribution in [-0.4, -0.2) is 10.3 Å². The summed E-state index contributed by atoms with van der Waals surface area (Å²) >= 11 is 0. The molecule has 0 spiro atoms. The van der Waals surface area contributed by atoms with Crippen LogP contribution in [0.4, 0.5) is 0 Å². The van der Waals surface area contributed by atoms with Crippen molar-refractivity contribution in [2.75, 3.05) is 0 Å². The van der Waals surface area contributed by atoms with Crippen LogP contribution in [0.25, 0.3) is 11.0 Å². The number of para-hydroxylation sites is 1. The van der Waals surface area contributed by atoms with Crippen LogP contribution < -0.4 is 5.10 Å². The fourth-order valence-corrected chi connectivity index (χ4v) is 1.54. The number of aromatic nitrogens is 3. The van der Waals surface area contributed by atoms with Gasteiger partial charge in [0, 0.05) is 10.7 Å². The van der Waals surface area contributed by atoms with Crippen molar-refractivity contribution in [3.05, 3.63) is 23.8 Å². The van der Waals surface area contributed by atoms with Gasteiger partial charge in [-0.15, -0.1) is 0 Å². The van der Waals surface area contributed by atoms with Crippen molar-refractivity contribution in [2.45, 2.75) is 26.2 Å². The van der Waals surface area contributed by atoms with Gasteiger partial charge in [-0.25, -0.2) is 0 Å². The fourth-order valence-electron chi connectivity index (χ4n) is 1.54. The molecule has 3 heteroatoms. The number of aromatic amines is 2. The Morgan fingerprint density at radius 1 is 1.46 bits per heavy atom. The summed E-state index contributed by atoms with van der Waals surface area (Å²) in [6.45, 7) is 2.21. The van der Waals surface area contributed by atoms with E-state index in [9.17, 15) is 0 Å². The molecule has 0 unspecified atom stereocenters. The smallest absolute Gasteiger partial charge is 0.168 e. The van der Waals surface area contributed by atoms with Gasteiger partial charge in [0.25, 0.3) is 0 Å². The van der Waals surface area contributed by atoms with Crippen molar-refractivity contribution in [1.82, 2.24) is 10.3 Å². The van der Waals surface area contributed by atoms with Crippen LogP contribution in [0.15, 0.2) is 18.2 Å². The summed E-state index contributed by atoms with van der Waals surface area (Å²) in [5.41, 5.74) is 3.53. The molecule has 68 valence electrons. The molecule has 0 fully saturated rings. The van der Waals surface area contributed by atoms with Gasteiger partial charge in [-0.2, -0.15) is 5.10 Å². The number of rotatable bonds is 3. The second-order valence-corrected chi connectivity index (χ2v) is 3.26. The number of fused-ring (bicyclic) bond motifs is 1. The monoisotopic (exact) mass is 176 g/mol. The van der Waals surface area contributed by atoms with E-state index < -0.39 is 0 Å². The summed E-state index contributed by atoms with van der Waals surface area (Å²) < 4.78 is 0. The van der Waals surface area contributed by atoms with E-state index in [1.807, 2.05) is 6.07 Å². The number of nitrogens with zero attached hydrogens (tertiary/aromatic N) is 1. The number of aryl methyl sites for hydroxylation is 1. The molecule has 0 amide bonds. The number of nitrogens with one attached hydrogen (secondary N) is 2. The minimum Gasteiger partial charge on any atom is -0.168 e. The zero-order chi connectivity index (χ0) is 9.10. The first-order chi connectivity index (χ1) is 6.42. The molecular weight excluding hydrogens is 162 g/mol. The Kier molecular flexibility index (Phi) is 2.25. The van der Waals surface area contributed by atoms with Gasteiger partial charge in [-0.1, -0.05) is 30.7 Å². The summed E-state index contributed by atoms with van der Waals surface area (Å²) in [5, 5.41) is 9.95. The van der Waals surface area contributed by atoms with Gasteiger partial charge in [0.1, 0.15) is 0 Å². The lowest BCUT2D eigenvalue weighted by Gasteiger charge is -1.96. The maximum absolute atomic E-state index is 4.11. The van der Waals surface area contributed by atoms with E-state index >= 15 is 0 Å². The Hall–Kier alpha value is -1.38. The summed E-state index contributed by atoms with van der Waals surface area (Å²) in [6.07, 6.45) is 3.59. The topological polar surface area (TPSA) is 42.8 Å². The van der Waals surface area contributed by atoms with Crippen LogP contribution in [0.5, 0.6) is 0 Å². The molecule has 1 aromatic heterocycles. The highest BCUT2D eigenvalue weighted by molar-refractivity contribution is 5.73. The zero-order valence-corrected chi connectivity index (χ0v) is 7.80. The Morgan fingerprint density at radius 2 is 2.38 bits per heavy atom. The van der Waals surface area contributed by atoms with Crippen LogP contribution in [-0.2, 0) is 6.42 Å². The van der Waals surface area contributed by atoms with Crippen LogP contribution >= 0.6 is 0 Å². The summed E-state index contributed by atoms with van der Waals surface area (Å²) in [5.74, 6) is 0. The van der Waals surface area contributed by atoms with E-state index in [1.54, 1.807) is 0 Å². The highest BCUT2D eigenvalue weighted by Crippen LogP contribution is 2.13. The van der Waals surface area contributed by atoms with Crippen molar-refractivity contribution in [3.8, 4) is 0 Å². The van der Waals surface area contributed by atoms with Crippen LogP contribution in [0.3, 0.4) is 0 Å². The molecule has 0 aliphatic heterocycles. The van der Waals surface area contributed by atoms with E-state index in [1.165, 1.54) is 18.4 Å². The predicted molar refractivity (Wildman–Crippen MR) is 51.3 cm³/mol. The molecule has 0 radical (unpaired) electrons. The Labute approximate surface area is 77.2 Å². The van der Waals surface area contributed by atoms with Gasteiger partial charge >= 0.3 is 0 Å². The second-order valence-electron chi connectivity index (χ2n) is 3.26. The first kappa shape index (κ1) is 8.23. The molecule has 2 N–H and O–H groups in total. The van der Waals surface area contributed by atoms with Crippen molar-refractivity contribution in [1.29, 1.82) is 0 Å². The van der Waals surface area contributed by atoms with Crippen LogP contribution in [0.2, 0.25) is 0 Å². The lowest BCUT2D eigenvalue weighted by atomic mass is 10.1. The predicted octanol–water partition coefficient (Wildman–Crippen LogP) is 1.72. The zero-order valence-electron chi connectivity index (χ0n) is 7.80. The van der Waals surface area contributed by atoms with Crippen molar-refractivity contribution in [3.63, 3.8) is 0 Å². The first-order valence-electron chi connectivity index (χ1n) is 4.75. The standard InChI is InChI=1S/C10H13N3/c1-2-3-5-8-6-4-7-9-10(8)12-13-11-9/h4,6-7H,2-3,5H2,1H3,(H,11,12,13)/p+1. The Bertz CT molecular complexity index is 392. The number of hydrogen-bond acceptors (Lipinski definition) is 1. The molecule has 2 aromatic rings. The quantitative estimate of drug-likeness (QED) is 0.760. The minimum atomic E-state index is 1.02. The van der Waals surface area contributed by atoms with Crippen LogP contribution in [0, 0.1) is 0 Å². The van der Waals surface area contributed by atoms with E-state index in [4.69, 9.17) is 0 Å². The van der Waals surface area contributed by atoms with Gasteiger partial charge in [-0.05, 0) is 18.9 Å². The van der Waals surface area contributed by atoms with Gasteiger partial charge in [0.15, 0.2) is 0 Å². The molecule has 1 heterocycles. The summed E-state index contributed by atoms with van der Waals surface area (Å²) in [6, 6.07) is 6.23. The average molecular weight is 176 g/mol. The molecule has 0 saturated heterocycles.